The Morgan fingerprint density at radius 3 is 2.58 bits per heavy atom. The van der Waals surface area contributed by atoms with Crippen LogP contribution in [-0.4, -0.2) is 0 Å². The predicted molar refractivity (Wildman–Crippen MR) is 53.2 cm³/mol. The van der Waals surface area contributed by atoms with Crippen LogP contribution in [0.25, 0.3) is 6.08 Å². The molecule has 12 heavy (non-hydrogen) atoms. The fraction of sp³-hybridized carbons (Fsp3) is 0.333. The summed E-state index contributed by atoms with van der Waals surface area (Å²) >= 11 is 0. The Labute approximate surface area is 73.9 Å². The quantitative estimate of drug-likeness (QED) is 0.588. The lowest BCUT2D eigenvalue weighted by Crippen LogP contribution is -2.01. The van der Waals surface area contributed by atoms with E-state index in [2.05, 4.69) is 24.8 Å². The molecule has 0 atom stereocenters. The summed E-state index contributed by atoms with van der Waals surface area (Å²) in [5.74, 6) is 0. The molecule has 0 aliphatic heterocycles. The van der Waals surface area contributed by atoms with Crippen molar-refractivity contribution in [2.75, 3.05) is 0 Å². The van der Waals surface area contributed by atoms with E-state index in [-0.39, 0.29) is 0 Å². The average molecular weight is 158 g/mol. The van der Waals surface area contributed by atoms with Gasteiger partial charge in [-0.1, -0.05) is 30.9 Å². The minimum Gasteiger partial charge on any atom is -0.0985 e. The molecule has 2 rings (SSSR count). The molecule has 1 aromatic carbocycles. The third kappa shape index (κ3) is 1.29. The van der Waals surface area contributed by atoms with Gasteiger partial charge in [0.2, 0.25) is 0 Å². The van der Waals surface area contributed by atoms with E-state index in [9.17, 15) is 0 Å². The Balaban J connectivity index is 2.42. The van der Waals surface area contributed by atoms with Crippen LogP contribution in [0.1, 0.15) is 29.5 Å². The molecule has 0 aromatic heterocycles. The molecule has 0 nitrogen and oxygen atoms in total. The Morgan fingerprint density at radius 2 is 1.83 bits per heavy atom. The van der Waals surface area contributed by atoms with Crippen molar-refractivity contribution < 1.29 is 0 Å². The fourth-order valence-electron chi connectivity index (χ4n) is 1.88. The average Bonchev–Trinajstić information content (AvgIpc) is 2.17. The van der Waals surface area contributed by atoms with Crippen LogP contribution in [0.3, 0.4) is 0 Å². The molecule has 0 unspecified atom stereocenters. The molecular weight excluding hydrogens is 144 g/mol. The fourth-order valence-corrected chi connectivity index (χ4v) is 1.88. The second-order valence-corrected chi connectivity index (χ2v) is 3.44. The first kappa shape index (κ1) is 7.60. The van der Waals surface area contributed by atoms with E-state index < -0.39 is 0 Å². The number of aryl methyl sites for hydroxylation is 2. The van der Waals surface area contributed by atoms with Gasteiger partial charge in [-0.2, -0.15) is 0 Å². The van der Waals surface area contributed by atoms with Crippen LogP contribution in [0.2, 0.25) is 0 Å². The smallest absolute Gasteiger partial charge is 0.0260 e. The summed E-state index contributed by atoms with van der Waals surface area (Å²) in [7, 11) is 0. The first-order chi connectivity index (χ1) is 5.90. The lowest BCUT2D eigenvalue weighted by molar-refractivity contribution is 0.685. The Hall–Kier alpha value is -1.04. The molecular formula is C12H14. The van der Waals surface area contributed by atoms with Crippen LogP contribution in [0.5, 0.6) is 0 Å². The van der Waals surface area contributed by atoms with Crippen LogP contribution in [0.15, 0.2) is 24.8 Å². The molecule has 0 amide bonds. The third-order valence-electron chi connectivity index (χ3n) is 2.61. The Bertz CT molecular complexity index is 297. The van der Waals surface area contributed by atoms with Gasteiger partial charge in [-0.05, 0) is 42.4 Å². The van der Waals surface area contributed by atoms with Crippen LogP contribution in [0.4, 0.5) is 0 Å². The molecule has 62 valence electrons. The zero-order valence-corrected chi connectivity index (χ0v) is 7.34. The maximum Gasteiger partial charge on any atom is -0.0260 e. The highest BCUT2D eigenvalue weighted by molar-refractivity contribution is 5.50. The maximum atomic E-state index is 3.78. The SMILES string of the molecule is C=Cc1ccc2c(c1)CCCC2. The van der Waals surface area contributed by atoms with E-state index in [0.717, 1.165) is 0 Å². The summed E-state index contributed by atoms with van der Waals surface area (Å²) < 4.78 is 0. The van der Waals surface area contributed by atoms with Gasteiger partial charge >= 0.3 is 0 Å². The van der Waals surface area contributed by atoms with Crippen molar-refractivity contribution in [3.63, 3.8) is 0 Å². The third-order valence-corrected chi connectivity index (χ3v) is 2.61. The molecule has 0 bridgehead atoms. The first-order valence-electron chi connectivity index (χ1n) is 4.64. The molecule has 1 aliphatic carbocycles. The van der Waals surface area contributed by atoms with Gasteiger partial charge in [-0.3, -0.25) is 0 Å². The van der Waals surface area contributed by atoms with Gasteiger partial charge in [0.1, 0.15) is 0 Å². The van der Waals surface area contributed by atoms with E-state index in [4.69, 9.17) is 0 Å². The lowest BCUT2D eigenvalue weighted by Gasteiger charge is -2.15. The Kier molecular flexibility index (Phi) is 1.99. The topological polar surface area (TPSA) is 0 Å². The van der Waals surface area contributed by atoms with E-state index >= 15 is 0 Å². The summed E-state index contributed by atoms with van der Waals surface area (Å²) in [5.41, 5.74) is 4.35. The summed E-state index contributed by atoms with van der Waals surface area (Å²) in [6.07, 6.45) is 7.17. The van der Waals surface area contributed by atoms with Crippen molar-refractivity contribution >= 4 is 6.08 Å². The van der Waals surface area contributed by atoms with Crippen LogP contribution in [0, 0.1) is 0 Å². The summed E-state index contributed by atoms with van der Waals surface area (Å²) in [6, 6.07) is 6.70. The molecule has 0 heteroatoms. The van der Waals surface area contributed by atoms with Gasteiger partial charge in [0.05, 0.1) is 0 Å². The van der Waals surface area contributed by atoms with E-state index in [0.29, 0.717) is 0 Å². The number of hydrogen-bond acceptors (Lipinski definition) is 0. The highest BCUT2D eigenvalue weighted by atomic mass is 14.1. The van der Waals surface area contributed by atoms with Crippen molar-refractivity contribution in [3.8, 4) is 0 Å². The monoisotopic (exact) mass is 158 g/mol. The molecule has 0 heterocycles. The highest BCUT2D eigenvalue weighted by Gasteiger charge is 2.07. The molecule has 1 aromatic rings. The minimum atomic E-state index is 1.26. The Morgan fingerprint density at radius 1 is 1.08 bits per heavy atom. The molecule has 0 N–H and O–H groups in total. The summed E-state index contributed by atoms with van der Waals surface area (Å²) in [4.78, 5) is 0. The zero-order chi connectivity index (χ0) is 8.39. The van der Waals surface area contributed by atoms with E-state index in [1.54, 1.807) is 11.1 Å². The van der Waals surface area contributed by atoms with Gasteiger partial charge < -0.3 is 0 Å². The second kappa shape index (κ2) is 3.14. The van der Waals surface area contributed by atoms with Crippen molar-refractivity contribution in [1.82, 2.24) is 0 Å². The number of hydrogen-bond donors (Lipinski definition) is 0. The molecule has 0 spiro atoms. The zero-order valence-electron chi connectivity index (χ0n) is 7.34. The highest BCUT2D eigenvalue weighted by Crippen LogP contribution is 2.22. The maximum absolute atomic E-state index is 3.78. The molecule has 0 saturated carbocycles. The number of fused-ring (bicyclic) bond motifs is 1. The molecule has 0 radical (unpaired) electrons. The molecule has 0 fully saturated rings. The standard InChI is InChI=1S/C12H14/c1-2-10-7-8-11-5-3-4-6-12(11)9-10/h2,7-9H,1,3-6H2. The lowest BCUT2D eigenvalue weighted by atomic mass is 9.90. The number of benzene rings is 1. The normalized spacial score (nSPS) is 15.3. The van der Waals surface area contributed by atoms with Crippen LogP contribution >= 0.6 is 0 Å². The van der Waals surface area contributed by atoms with Crippen molar-refractivity contribution in [2.24, 2.45) is 0 Å². The van der Waals surface area contributed by atoms with Gasteiger partial charge in [0.15, 0.2) is 0 Å². The van der Waals surface area contributed by atoms with Gasteiger partial charge in [0.25, 0.3) is 0 Å². The van der Waals surface area contributed by atoms with E-state index in [1.165, 1.54) is 31.2 Å². The molecule has 1 aliphatic rings. The first-order valence-corrected chi connectivity index (χ1v) is 4.64. The van der Waals surface area contributed by atoms with Crippen LogP contribution in [-0.2, 0) is 12.8 Å². The van der Waals surface area contributed by atoms with Gasteiger partial charge in [-0.15, -0.1) is 0 Å². The number of rotatable bonds is 1. The largest absolute Gasteiger partial charge is 0.0985 e. The minimum absolute atomic E-state index is 1.26. The van der Waals surface area contributed by atoms with Crippen LogP contribution < -0.4 is 0 Å². The summed E-state index contributed by atoms with van der Waals surface area (Å²) in [6.45, 7) is 3.78. The van der Waals surface area contributed by atoms with E-state index in [1.807, 2.05) is 6.08 Å². The summed E-state index contributed by atoms with van der Waals surface area (Å²) in [5, 5.41) is 0. The predicted octanol–water partition coefficient (Wildman–Crippen LogP) is 3.21. The molecule has 0 saturated heterocycles. The van der Waals surface area contributed by atoms with Gasteiger partial charge in [-0.25, -0.2) is 0 Å². The van der Waals surface area contributed by atoms with Crippen molar-refractivity contribution in [3.05, 3.63) is 41.5 Å². The second-order valence-electron chi connectivity index (χ2n) is 3.44. The van der Waals surface area contributed by atoms with Gasteiger partial charge in [0, 0.05) is 0 Å². The van der Waals surface area contributed by atoms with Crippen molar-refractivity contribution in [1.29, 1.82) is 0 Å². The van der Waals surface area contributed by atoms with Crippen molar-refractivity contribution in [2.45, 2.75) is 25.7 Å².